The van der Waals surface area contributed by atoms with Gasteiger partial charge in [0.1, 0.15) is 0 Å². The van der Waals surface area contributed by atoms with E-state index in [0.29, 0.717) is 13.0 Å². The molecule has 0 spiro atoms. The zero-order valence-electron chi connectivity index (χ0n) is 7.66. The summed E-state index contributed by atoms with van der Waals surface area (Å²) in [5.74, 6) is -0.247. The van der Waals surface area contributed by atoms with Crippen molar-refractivity contribution in [1.82, 2.24) is 0 Å². The van der Waals surface area contributed by atoms with E-state index in [-0.39, 0.29) is 5.97 Å². The third kappa shape index (κ3) is 3.74. The van der Waals surface area contributed by atoms with E-state index in [0.717, 1.165) is 18.4 Å². The van der Waals surface area contributed by atoms with Crippen LogP contribution in [0.4, 0.5) is 0 Å². The van der Waals surface area contributed by atoms with Gasteiger partial charge in [-0.2, -0.15) is 0 Å². The van der Waals surface area contributed by atoms with Gasteiger partial charge in [0.25, 0.3) is 0 Å². The Kier molecular flexibility index (Phi) is 4.03. The summed E-state index contributed by atoms with van der Waals surface area (Å²) in [4.78, 5) is 11.1. The maximum Gasteiger partial charge on any atom is 0.331 e. The van der Waals surface area contributed by atoms with E-state index in [2.05, 4.69) is 12.7 Å². The van der Waals surface area contributed by atoms with Crippen molar-refractivity contribution in [1.29, 1.82) is 0 Å². The second-order valence-corrected chi connectivity index (χ2v) is 2.91. The van der Waals surface area contributed by atoms with Crippen LogP contribution in [-0.2, 0) is 9.53 Å². The van der Waals surface area contributed by atoms with Gasteiger partial charge >= 0.3 is 5.97 Å². The summed E-state index contributed by atoms with van der Waals surface area (Å²) >= 11 is 0. The van der Waals surface area contributed by atoms with Crippen LogP contribution < -0.4 is 0 Å². The molecule has 0 aromatic carbocycles. The van der Waals surface area contributed by atoms with Crippen LogP contribution in [0.2, 0.25) is 0 Å². The molecular formula is C11H14O2. The topological polar surface area (TPSA) is 26.3 Å². The first-order chi connectivity index (χ1) is 6.33. The first kappa shape index (κ1) is 9.78. The van der Waals surface area contributed by atoms with Crippen LogP contribution >= 0.6 is 0 Å². The standard InChI is InChI=1S/C11H14O2/c1-2-3-8-13-11(12)9-10-6-4-5-7-10/h2,4,6,9H,1,3,5,7-8H2/b10-9+. The lowest BCUT2D eigenvalue weighted by Gasteiger charge is -1.98. The van der Waals surface area contributed by atoms with Crippen LogP contribution in [0, 0.1) is 0 Å². The van der Waals surface area contributed by atoms with Gasteiger partial charge in [0.05, 0.1) is 6.61 Å². The average molecular weight is 178 g/mol. The highest BCUT2D eigenvalue weighted by Crippen LogP contribution is 2.15. The molecule has 0 aromatic rings. The van der Waals surface area contributed by atoms with Crippen molar-refractivity contribution in [2.45, 2.75) is 19.3 Å². The zero-order valence-corrected chi connectivity index (χ0v) is 7.66. The number of hydrogen-bond donors (Lipinski definition) is 0. The van der Waals surface area contributed by atoms with Crippen molar-refractivity contribution < 1.29 is 9.53 Å². The van der Waals surface area contributed by atoms with Crippen LogP contribution in [-0.4, -0.2) is 12.6 Å². The second kappa shape index (κ2) is 5.36. The van der Waals surface area contributed by atoms with Gasteiger partial charge in [0.2, 0.25) is 0 Å². The lowest BCUT2D eigenvalue weighted by Crippen LogP contribution is -2.02. The first-order valence-corrected chi connectivity index (χ1v) is 4.47. The fourth-order valence-electron chi connectivity index (χ4n) is 1.12. The number of esters is 1. The van der Waals surface area contributed by atoms with E-state index in [1.807, 2.05) is 6.08 Å². The van der Waals surface area contributed by atoms with Crippen LogP contribution in [0.1, 0.15) is 19.3 Å². The largest absolute Gasteiger partial charge is 0.462 e. The quantitative estimate of drug-likeness (QED) is 0.286. The van der Waals surface area contributed by atoms with Gasteiger partial charge in [-0.25, -0.2) is 4.79 Å². The Hall–Kier alpha value is -1.31. The van der Waals surface area contributed by atoms with Crippen LogP contribution in [0.3, 0.4) is 0 Å². The van der Waals surface area contributed by atoms with E-state index in [4.69, 9.17) is 4.74 Å². The Morgan fingerprint density at radius 2 is 2.54 bits per heavy atom. The van der Waals surface area contributed by atoms with Crippen LogP contribution in [0.5, 0.6) is 0 Å². The third-order valence-corrected chi connectivity index (χ3v) is 1.80. The highest BCUT2D eigenvalue weighted by atomic mass is 16.5. The van der Waals surface area contributed by atoms with E-state index in [1.54, 1.807) is 12.2 Å². The summed E-state index contributed by atoms with van der Waals surface area (Å²) in [6.45, 7) is 3.97. The minimum absolute atomic E-state index is 0.247. The molecular weight excluding hydrogens is 164 g/mol. The predicted octanol–water partition coefficient (Wildman–Crippen LogP) is 2.38. The number of rotatable bonds is 4. The molecule has 0 atom stereocenters. The van der Waals surface area contributed by atoms with Crippen molar-refractivity contribution >= 4 is 5.97 Å². The Labute approximate surface area is 78.6 Å². The lowest BCUT2D eigenvalue weighted by atomic mass is 10.2. The predicted molar refractivity (Wildman–Crippen MR) is 52.2 cm³/mol. The van der Waals surface area contributed by atoms with E-state index >= 15 is 0 Å². The number of hydrogen-bond acceptors (Lipinski definition) is 2. The highest BCUT2D eigenvalue weighted by Gasteiger charge is 2.03. The van der Waals surface area contributed by atoms with Crippen molar-refractivity contribution in [3.8, 4) is 0 Å². The molecule has 1 aliphatic carbocycles. The Morgan fingerprint density at radius 3 is 3.15 bits per heavy atom. The molecule has 0 amide bonds. The number of carbonyl (C=O) groups is 1. The van der Waals surface area contributed by atoms with Crippen LogP contribution in [0.25, 0.3) is 0 Å². The van der Waals surface area contributed by atoms with Gasteiger partial charge in [-0.1, -0.05) is 18.2 Å². The number of ether oxygens (including phenoxy) is 1. The van der Waals surface area contributed by atoms with E-state index in [9.17, 15) is 4.79 Å². The smallest absolute Gasteiger partial charge is 0.331 e. The van der Waals surface area contributed by atoms with Crippen molar-refractivity contribution in [3.05, 3.63) is 36.5 Å². The van der Waals surface area contributed by atoms with Gasteiger partial charge < -0.3 is 4.74 Å². The molecule has 0 aliphatic heterocycles. The van der Waals surface area contributed by atoms with Gasteiger partial charge in [0, 0.05) is 6.08 Å². The molecule has 2 heteroatoms. The molecule has 0 aromatic heterocycles. The molecule has 0 saturated carbocycles. The SMILES string of the molecule is C=CCCOC(=O)/C=C1\C=CCC1. The molecule has 1 rings (SSSR count). The Balaban J connectivity index is 2.27. The summed E-state index contributed by atoms with van der Waals surface area (Å²) in [6.07, 6.45) is 10.0. The molecule has 0 bridgehead atoms. The van der Waals surface area contributed by atoms with Gasteiger partial charge in [0.15, 0.2) is 0 Å². The third-order valence-electron chi connectivity index (χ3n) is 1.80. The molecule has 0 N–H and O–H groups in total. The van der Waals surface area contributed by atoms with Crippen LogP contribution in [0.15, 0.2) is 36.5 Å². The molecule has 1 aliphatic rings. The number of allylic oxidation sites excluding steroid dienone is 3. The number of carbonyl (C=O) groups excluding carboxylic acids is 1. The minimum atomic E-state index is -0.247. The van der Waals surface area contributed by atoms with E-state index in [1.165, 1.54) is 0 Å². The Bertz CT molecular complexity index is 249. The normalized spacial score (nSPS) is 17.7. The molecule has 0 heterocycles. The van der Waals surface area contributed by atoms with Gasteiger partial charge in [-0.05, 0) is 24.8 Å². The second-order valence-electron chi connectivity index (χ2n) is 2.91. The highest BCUT2D eigenvalue weighted by molar-refractivity contribution is 5.83. The average Bonchev–Trinajstić information content (AvgIpc) is 2.57. The molecule has 2 nitrogen and oxygen atoms in total. The molecule has 0 fully saturated rings. The maximum absolute atomic E-state index is 11.1. The molecule has 0 saturated heterocycles. The van der Waals surface area contributed by atoms with Crippen molar-refractivity contribution in [2.24, 2.45) is 0 Å². The first-order valence-electron chi connectivity index (χ1n) is 4.47. The minimum Gasteiger partial charge on any atom is -0.462 e. The maximum atomic E-state index is 11.1. The molecule has 0 unspecified atom stereocenters. The fourth-order valence-corrected chi connectivity index (χ4v) is 1.12. The summed E-state index contributed by atoms with van der Waals surface area (Å²) in [6, 6.07) is 0. The molecule has 0 radical (unpaired) electrons. The summed E-state index contributed by atoms with van der Waals surface area (Å²) < 4.78 is 4.92. The molecule has 70 valence electrons. The van der Waals surface area contributed by atoms with Crippen molar-refractivity contribution in [3.63, 3.8) is 0 Å². The van der Waals surface area contributed by atoms with Gasteiger partial charge in [-0.15, -0.1) is 6.58 Å². The monoisotopic (exact) mass is 178 g/mol. The Morgan fingerprint density at radius 1 is 1.69 bits per heavy atom. The summed E-state index contributed by atoms with van der Waals surface area (Å²) in [5.41, 5.74) is 1.06. The molecule has 13 heavy (non-hydrogen) atoms. The van der Waals surface area contributed by atoms with E-state index < -0.39 is 0 Å². The summed E-state index contributed by atoms with van der Waals surface area (Å²) in [7, 11) is 0. The zero-order chi connectivity index (χ0) is 9.52. The lowest BCUT2D eigenvalue weighted by molar-refractivity contribution is -0.137. The summed E-state index contributed by atoms with van der Waals surface area (Å²) in [5, 5.41) is 0. The van der Waals surface area contributed by atoms with Crippen molar-refractivity contribution in [2.75, 3.05) is 6.61 Å². The fraction of sp³-hybridized carbons (Fsp3) is 0.364. The van der Waals surface area contributed by atoms with Gasteiger partial charge in [-0.3, -0.25) is 0 Å².